The van der Waals surface area contributed by atoms with Gasteiger partial charge in [-0.1, -0.05) is 0 Å². The molecule has 104 valence electrons. The number of phenolic OH excluding ortho intramolecular Hbond substituents is 1. The van der Waals surface area contributed by atoms with Crippen molar-refractivity contribution >= 4 is 57.1 Å². The molecule has 1 amide bonds. The first-order chi connectivity index (χ1) is 8.86. The molecule has 0 saturated carbocycles. The van der Waals surface area contributed by atoms with E-state index in [1.807, 2.05) is 45.2 Å². The third-order valence-corrected chi connectivity index (χ3v) is 3.74. The highest BCUT2D eigenvalue weighted by molar-refractivity contribution is 14.1. The number of aliphatic hydroxyl groups excluding tert-OH is 1. The molecule has 0 spiro atoms. The summed E-state index contributed by atoms with van der Waals surface area (Å²) in [6, 6.07) is 1.97. The highest BCUT2D eigenvalue weighted by atomic mass is 127. The van der Waals surface area contributed by atoms with Crippen LogP contribution in [-0.2, 0) is 4.79 Å². The molecule has 1 aromatic rings. The second kappa shape index (κ2) is 7.24. The minimum absolute atomic E-state index is 0.0143. The molecule has 1 aromatic carbocycles. The lowest BCUT2D eigenvalue weighted by molar-refractivity contribution is -0.139. The molecule has 6 nitrogen and oxygen atoms in total. The number of hydrogen-bond acceptors (Lipinski definition) is 4. The quantitative estimate of drug-likeness (QED) is 0.463. The van der Waals surface area contributed by atoms with Gasteiger partial charge in [0.15, 0.2) is 0 Å². The molecule has 1 unspecified atom stereocenters. The molecule has 19 heavy (non-hydrogen) atoms. The SMILES string of the molecule is O=C(NC(CCO)C(=O)O)c1cc(I)cc(I)c1O. The van der Waals surface area contributed by atoms with E-state index in [0.717, 1.165) is 3.57 Å². The summed E-state index contributed by atoms with van der Waals surface area (Å²) in [5, 5.41) is 29.7. The van der Waals surface area contributed by atoms with Gasteiger partial charge in [0, 0.05) is 16.6 Å². The third-order valence-electron chi connectivity index (χ3n) is 2.29. The lowest BCUT2D eigenvalue weighted by Crippen LogP contribution is -2.41. The van der Waals surface area contributed by atoms with Crippen molar-refractivity contribution in [1.29, 1.82) is 0 Å². The zero-order valence-corrected chi connectivity index (χ0v) is 13.9. The van der Waals surface area contributed by atoms with E-state index in [-0.39, 0.29) is 24.3 Å². The number of carbonyl (C=O) groups is 2. The van der Waals surface area contributed by atoms with Crippen LogP contribution in [0.4, 0.5) is 0 Å². The Morgan fingerprint density at radius 2 is 1.95 bits per heavy atom. The van der Waals surface area contributed by atoms with E-state index < -0.39 is 17.9 Å². The van der Waals surface area contributed by atoms with Gasteiger partial charge in [-0.3, -0.25) is 4.79 Å². The van der Waals surface area contributed by atoms with Crippen LogP contribution in [-0.4, -0.2) is 39.8 Å². The Kier molecular flexibility index (Phi) is 6.26. The van der Waals surface area contributed by atoms with Crippen molar-refractivity contribution in [3.63, 3.8) is 0 Å². The maximum atomic E-state index is 11.9. The molecule has 8 heteroatoms. The van der Waals surface area contributed by atoms with Gasteiger partial charge in [-0.2, -0.15) is 0 Å². The van der Waals surface area contributed by atoms with Crippen LogP contribution >= 0.6 is 45.2 Å². The maximum Gasteiger partial charge on any atom is 0.326 e. The Labute approximate surface area is 136 Å². The van der Waals surface area contributed by atoms with Crippen LogP contribution in [0.25, 0.3) is 0 Å². The highest BCUT2D eigenvalue weighted by Gasteiger charge is 2.22. The number of carbonyl (C=O) groups excluding carboxylic acids is 1. The van der Waals surface area contributed by atoms with Crippen molar-refractivity contribution in [2.24, 2.45) is 0 Å². The van der Waals surface area contributed by atoms with Crippen molar-refractivity contribution < 1.29 is 24.9 Å². The zero-order chi connectivity index (χ0) is 14.6. The standard InChI is InChI=1S/C11H11I2NO5/c12-5-3-6(9(16)7(13)4-5)10(17)14-8(1-2-15)11(18)19/h3-4,8,15-16H,1-2H2,(H,14,17)(H,18,19). The Morgan fingerprint density at radius 1 is 1.32 bits per heavy atom. The van der Waals surface area contributed by atoms with Crippen molar-refractivity contribution in [2.45, 2.75) is 12.5 Å². The number of halogens is 2. The number of nitrogens with one attached hydrogen (secondary N) is 1. The number of phenols is 1. The number of hydrogen-bond donors (Lipinski definition) is 4. The van der Waals surface area contributed by atoms with Crippen LogP contribution < -0.4 is 5.32 Å². The van der Waals surface area contributed by atoms with E-state index in [2.05, 4.69) is 5.32 Å². The van der Waals surface area contributed by atoms with E-state index in [4.69, 9.17) is 10.2 Å². The molecule has 0 saturated heterocycles. The van der Waals surface area contributed by atoms with Crippen LogP contribution in [0.1, 0.15) is 16.8 Å². The lowest BCUT2D eigenvalue weighted by Gasteiger charge is -2.14. The summed E-state index contributed by atoms with van der Waals surface area (Å²) in [5.41, 5.74) is 0.0143. The van der Waals surface area contributed by atoms with E-state index in [1.54, 1.807) is 6.07 Å². The van der Waals surface area contributed by atoms with Crippen LogP contribution in [0.3, 0.4) is 0 Å². The van der Waals surface area contributed by atoms with Crippen LogP contribution in [0, 0.1) is 7.14 Å². The number of aliphatic carboxylic acids is 1. The molecule has 4 N–H and O–H groups in total. The third kappa shape index (κ3) is 4.45. The van der Waals surface area contributed by atoms with E-state index in [9.17, 15) is 14.7 Å². The molecule has 0 aliphatic rings. The summed E-state index contributed by atoms with van der Waals surface area (Å²) in [7, 11) is 0. The minimum atomic E-state index is -1.23. The molecule has 1 atom stereocenters. The van der Waals surface area contributed by atoms with Crippen molar-refractivity contribution in [3.8, 4) is 5.75 Å². The summed E-state index contributed by atoms with van der Waals surface area (Å²) < 4.78 is 1.25. The number of aliphatic hydroxyl groups is 1. The van der Waals surface area contributed by atoms with Crippen LogP contribution in [0.2, 0.25) is 0 Å². The fraction of sp³-hybridized carbons (Fsp3) is 0.273. The van der Waals surface area contributed by atoms with Gasteiger partial charge in [-0.05, 0) is 57.3 Å². The number of rotatable bonds is 5. The van der Waals surface area contributed by atoms with Gasteiger partial charge in [0.1, 0.15) is 11.8 Å². The number of carboxylic acids is 1. The molecule has 0 heterocycles. The van der Waals surface area contributed by atoms with E-state index >= 15 is 0 Å². The minimum Gasteiger partial charge on any atom is -0.506 e. The molecule has 0 radical (unpaired) electrons. The average molecular weight is 491 g/mol. The Hall–Kier alpha value is -0.620. The lowest BCUT2D eigenvalue weighted by atomic mass is 10.1. The predicted octanol–water partition coefficient (Wildman–Crippen LogP) is 1.17. The smallest absolute Gasteiger partial charge is 0.326 e. The first-order valence-corrected chi connectivity index (χ1v) is 7.35. The van der Waals surface area contributed by atoms with Gasteiger partial charge < -0.3 is 20.6 Å². The van der Waals surface area contributed by atoms with Crippen molar-refractivity contribution in [3.05, 3.63) is 24.8 Å². The highest BCUT2D eigenvalue weighted by Crippen LogP contribution is 2.27. The first kappa shape index (κ1) is 16.4. The maximum absolute atomic E-state index is 11.9. The molecule has 1 rings (SSSR count). The summed E-state index contributed by atoms with van der Waals surface area (Å²) in [4.78, 5) is 22.8. The summed E-state index contributed by atoms with van der Waals surface area (Å²) in [5.74, 6) is -2.11. The fourth-order valence-corrected chi connectivity index (χ4v) is 3.21. The first-order valence-electron chi connectivity index (χ1n) is 5.19. The Balaban J connectivity index is 2.97. The molecule has 0 fully saturated rings. The second-order valence-corrected chi connectivity index (χ2v) is 6.07. The van der Waals surface area contributed by atoms with Gasteiger partial charge in [0.05, 0.1) is 9.13 Å². The van der Waals surface area contributed by atoms with Gasteiger partial charge in [0.25, 0.3) is 5.91 Å². The molecule has 0 aromatic heterocycles. The number of carboxylic acid groups (broad SMARTS) is 1. The second-order valence-electron chi connectivity index (χ2n) is 3.66. The van der Waals surface area contributed by atoms with Crippen molar-refractivity contribution in [1.82, 2.24) is 5.32 Å². The fourth-order valence-electron chi connectivity index (χ4n) is 1.36. The van der Waals surface area contributed by atoms with Crippen LogP contribution in [0.5, 0.6) is 5.75 Å². The van der Waals surface area contributed by atoms with Crippen molar-refractivity contribution in [2.75, 3.05) is 6.61 Å². The van der Waals surface area contributed by atoms with E-state index in [0.29, 0.717) is 3.57 Å². The monoisotopic (exact) mass is 491 g/mol. The van der Waals surface area contributed by atoms with Gasteiger partial charge in [0.2, 0.25) is 0 Å². The zero-order valence-electron chi connectivity index (χ0n) is 9.56. The summed E-state index contributed by atoms with van der Waals surface area (Å²) in [6.07, 6.45) is -0.0944. The molecular weight excluding hydrogens is 480 g/mol. The summed E-state index contributed by atoms with van der Waals surface area (Å²) in [6.45, 7) is -0.354. The van der Waals surface area contributed by atoms with E-state index in [1.165, 1.54) is 6.07 Å². The largest absolute Gasteiger partial charge is 0.506 e. The molecule has 0 aliphatic heterocycles. The Morgan fingerprint density at radius 3 is 2.47 bits per heavy atom. The average Bonchev–Trinajstić information content (AvgIpc) is 2.32. The normalized spacial score (nSPS) is 11.9. The number of benzene rings is 1. The predicted molar refractivity (Wildman–Crippen MR) is 84.1 cm³/mol. The number of aromatic hydroxyl groups is 1. The summed E-state index contributed by atoms with van der Waals surface area (Å²) >= 11 is 3.87. The molecule has 0 aliphatic carbocycles. The van der Waals surface area contributed by atoms with Gasteiger partial charge >= 0.3 is 5.97 Å². The Bertz CT molecular complexity index is 506. The van der Waals surface area contributed by atoms with Crippen LogP contribution in [0.15, 0.2) is 12.1 Å². The molecular formula is C11H11I2NO5. The van der Waals surface area contributed by atoms with Gasteiger partial charge in [-0.15, -0.1) is 0 Å². The topological polar surface area (TPSA) is 107 Å². The molecule has 0 bridgehead atoms. The van der Waals surface area contributed by atoms with Gasteiger partial charge in [-0.25, -0.2) is 4.79 Å². The number of amides is 1.